The van der Waals surface area contributed by atoms with E-state index in [-0.39, 0.29) is 12.3 Å². The molecule has 0 aliphatic heterocycles. The van der Waals surface area contributed by atoms with Crippen molar-refractivity contribution in [3.05, 3.63) is 34.2 Å². The molecule has 20 heavy (non-hydrogen) atoms. The van der Waals surface area contributed by atoms with Crippen LogP contribution < -0.4 is 5.32 Å². The lowest BCUT2D eigenvalue weighted by atomic mass is 10.1. The molecular weight excluding hydrogens is 260 g/mol. The summed E-state index contributed by atoms with van der Waals surface area (Å²) in [5.41, 5.74) is 8.74. The molecule has 0 aliphatic carbocycles. The molecule has 2 N–H and O–H groups in total. The van der Waals surface area contributed by atoms with Gasteiger partial charge in [-0.1, -0.05) is 5.11 Å². The van der Waals surface area contributed by atoms with Crippen molar-refractivity contribution in [2.75, 3.05) is 11.9 Å². The van der Waals surface area contributed by atoms with Crippen molar-refractivity contribution in [2.45, 2.75) is 32.8 Å². The van der Waals surface area contributed by atoms with Gasteiger partial charge in [0.05, 0.1) is 0 Å². The molecule has 0 aromatic heterocycles. The number of phenolic OH excluding ortho intramolecular Hbond substituents is 1. The predicted molar refractivity (Wildman–Crippen MR) is 75.7 cm³/mol. The Morgan fingerprint density at radius 2 is 2.20 bits per heavy atom. The summed E-state index contributed by atoms with van der Waals surface area (Å²) in [6, 6.07) is 4.65. The van der Waals surface area contributed by atoms with Gasteiger partial charge in [-0.3, -0.25) is 5.32 Å². The molecule has 0 aliphatic rings. The lowest BCUT2D eigenvalue weighted by Crippen LogP contribution is -2.27. The number of anilines is 1. The molecular formula is C13H18N4O3. The number of nitrogens with zero attached hydrogens (tertiary/aromatic N) is 3. The molecule has 0 radical (unpaired) electrons. The van der Waals surface area contributed by atoms with Gasteiger partial charge in [0.25, 0.3) is 0 Å². The van der Waals surface area contributed by atoms with Crippen molar-refractivity contribution in [3.63, 3.8) is 0 Å². The van der Waals surface area contributed by atoms with Crippen LogP contribution in [0.25, 0.3) is 10.4 Å². The van der Waals surface area contributed by atoms with Crippen LogP contribution in [0.4, 0.5) is 10.5 Å². The lowest BCUT2D eigenvalue weighted by Gasteiger charge is -2.19. The molecule has 0 atom stereocenters. The van der Waals surface area contributed by atoms with E-state index in [0.717, 1.165) is 0 Å². The molecule has 0 heterocycles. The Morgan fingerprint density at radius 3 is 2.80 bits per heavy atom. The maximum absolute atomic E-state index is 11.6. The molecule has 0 saturated carbocycles. The standard InChI is InChI=1S/C13H18N4O3/c1-13(2,3)20-12(19)16-10-4-5-11(18)9(8-10)6-7-15-17-14/h4-5,8,18H,6-7H2,1-3H3,(H,16,19). The van der Waals surface area contributed by atoms with Crippen LogP contribution in [-0.4, -0.2) is 23.3 Å². The second-order valence-corrected chi connectivity index (χ2v) is 5.17. The average Bonchev–Trinajstić information content (AvgIpc) is 2.31. The van der Waals surface area contributed by atoms with Crippen molar-refractivity contribution in [1.29, 1.82) is 0 Å². The highest BCUT2D eigenvalue weighted by molar-refractivity contribution is 5.85. The minimum atomic E-state index is -0.578. The number of nitrogens with one attached hydrogen (secondary N) is 1. The summed E-state index contributed by atoms with van der Waals surface area (Å²) >= 11 is 0. The number of rotatable bonds is 4. The highest BCUT2D eigenvalue weighted by Crippen LogP contribution is 2.22. The minimum Gasteiger partial charge on any atom is -0.508 e. The Morgan fingerprint density at radius 1 is 1.50 bits per heavy atom. The van der Waals surface area contributed by atoms with E-state index in [1.807, 2.05) is 0 Å². The SMILES string of the molecule is CC(C)(C)OC(=O)Nc1ccc(O)c(CCN=[N+]=[N-])c1. The summed E-state index contributed by atoms with van der Waals surface area (Å²) in [6.07, 6.45) is -0.177. The topological polar surface area (TPSA) is 107 Å². The maximum Gasteiger partial charge on any atom is 0.412 e. The van der Waals surface area contributed by atoms with E-state index in [9.17, 15) is 9.90 Å². The van der Waals surface area contributed by atoms with Crippen LogP contribution in [0.5, 0.6) is 5.75 Å². The molecule has 1 rings (SSSR count). The summed E-state index contributed by atoms with van der Waals surface area (Å²) in [6.45, 7) is 5.55. The Kier molecular flexibility index (Phi) is 5.23. The van der Waals surface area contributed by atoms with Crippen molar-refractivity contribution in [1.82, 2.24) is 0 Å². The highest BCUT2D eigenvalue weighted by Gasteiger charge is 2.16. The number of benzene rings is 1. The summed E-state index contributed by atoms with van der Waals surface area (Å²) in [4.78, 5) is 14.3. The van der Waals surface area contributed by atoms with Crippen molar-refractivity contribution < 1.29 is 14.6 Å². The highest BCUT2D eigenvalue weighted by atomic mass is 16.6. The van der Waals surface area contributed by atoms with Crippen LogP contribution in [-0.2, 0) is 11.2 Å². The molecule has 1 aromatic carbocycles. The van der Waals surface area contributed by atoms with Crippen molar-refractivity contribution in [2.24, 2.45) is 5.11 Å². The summed E-state index contributed by atoms with van der Waals surface area (Å²) in [5, 5.41) is 15.7. The number of phenols is 1. The number of hydrogen-bond acceptors (Lipinski definition) is 4. The number of amides is 1. The summed E-state index contributed by atoms with van der Waals surface area (Å²) in [5.74, 6) is 0.0906. The summed E-state index contributed by atoms with van der Waals surface area (Å²) < 4.78 is 5.13. The molecule has 0 unspecified atom stereocenters. The van der Waals surface area contributed by atoms with Gasteiger partial charge in [0.15, 0.2) is 0 Å². The zero-order chi connectivity index (χ0) is 15.2. The van der Waals surface area contributed by atoms with E-state index in [1.54, 1.807) is 32.9 Å². The second kappa shape index (κ2) is 6.68. The quantitative estimate of drug-likeness (QED) is 0.380. The molecule has 1 aromatic rings. The van der Waals surface area contributed by atoms with Gasteiger partial charge in [-0.15, -0.1) is 0 Å². The average molecular weight is 278 g/mol. The normalized spacial score (nSPS) is 10.6. The van der Waals surface area contributed by atoms with E-state index in [1.165, 1.54) is 6.07 Å². The van der Waals surface area contributed by atoms with Crippen LogP contribution >= 0.6 is 0 Å². The third-order valence-corrected chi connectivity index (χ3v) is 2.27. The zero-order valence-electron chi connectivity index (χ0n) is 11.8. The first-order valence-corrected chi connectivity index (χ1v) is 6.14. The molecule has 0 fully saturated rings. The number of carbonyl (C=O) groups is 1. The van der Waals surface area contributed by atoms with Crippen molar-refractivity contribution in [3.8, 4) is 5.75 Å². The Labute approximate surface area is 117 Å². The van der Waals surface area contributed by atoms with Crippen LogP contribution in [0, 0.1) is 0 Å². The van der Waals surface area contributed by atoms with Gasteiger partial charge in [0, 0.05) is 17.1 Å². The fourth-order valence-corrected chi connectivity index (χ4v) is 1.50. The van der Waals surface area contributed by atoms with Gasteiger partial charge in [0.2, 0.25) is 0 Å². The van der Waals surface area contributed by atoms with E-state index in [0.29, 0.717) is 17.7 Å². The van der Waals surface area contributed by atoms with Crippen LogP contribution in [0.1, 0.15) is 26.3 Å². The smallest absolute Gasteiger partial charge is 0.412 e. The number of hydrogen-bond donors (Lipinski definition) is 2. The van der Waals surface area contributed by atoms with Crippen LogP contribution in [0.2, 0.25) is 0 Å². The number of carbonyl (C=O) groups excluding carboxylic acids is 1. The van der Waals surface area contributed by atoms with E-state index >= 15 is 0 Å². The molecule has 108 valence electrons. The molecule has 0 saturated heterocycles. The zero-order valence-corrected chi connectivity index (χ0v) is 11.8. The Bertz CT molecular complexity index is 531. The van der Waals surface area contributed by atoms with E-state index in [4.69, 9.17) is 10.3 Å². The first kappa shape index (κ1) is 15.7. The van der Waals surface area contributed by atoms with Crippen molar-refractivity contribution >= 4 is 11.8 Å². The number of ether oxygens (including phenoxy) is 1. The first-order chi connectivity index (χ1) is 9.31. The molecule has 7 heteroatoms. The van der Waals surface area contributed by atoms with Gasteiger partial charge in [-0.2, -0.15) is 0 Å². The molecule has 0 bridgehead atoms. The number of aromatic hydroxyl groups is 1. The predicted octanol–water partition coefficient (Wildman–Crippen LogP) is 3.59. The maximum atomic E-state index is 11.6. The Hall–Kier alpha value is -2.40. The third-order valence-electron chi connectivity index (χ3n) is 2.27. The van der Waals surface area contributed by atoms with Crippen LogP contribution in [0.15, 0.2) is 23.3 Å². The van der Waals surface area contributed by atoms with Gasteiger partial charge in [0.1, 0.15) is 11.4 Å². The summed E-state index contributed by atoms with van der Waals surface area (Å²) in [7, 11) is 0. The number of azide groups is 1. The fraction of sp³-hybridized carbons (Fsp3) is 0.462. The fourth-order valence-electron chi connectivity index (χ4n) is 1.50. The first-order valence-electron chi connectivity index (χ1n) is 6.14. The monoisotopic (exact) mass is 278 g/mol. The minimum absolute atomic E-state index is 0.0906. The third kappa shape index (κ3) is 5.49. The molecule has 0 spiro atoms. The van der Waals surface area contributed by atoms with Gasteiger partial charge in [-0.05, 0) is 56.5 Å². The Balaban J connectivity index is 2.74. The van der Waals surface area contributed by atoms with Crippen LogP contribution in [0.3, 0.4) is 0 Å². The van der Waals surface area contributed by atoms with E-state index < -0.39 is 11.7 Å². The second-order valence-electron chi connectivity index (χ2n) is 5.17. The van der Waals surface area contributed by atoms with E-state index in [2.05, 4.69) is 15.3 Å². The van der Waals surface area contributed by atoms with Gasteiger partial charge < -0.3 is 9.84 Å². The lowest BCUT2D eigenvalue weighted by molar-refractivity contribution is 0.0636. The molecule has 1 amide bonds. The van der Waals surface area contributed by atoms with Gasteiger partial charge >= 0.3 is 6.09 Å². The molecule has 7 nitrogen and oxygen atoms in total. The van der Waals surface area contributed by atoms with Gasteiger partial charge in [-0.25, -0.2) is 4.79 Å². The largest absolute Gasteiger partial charge is 0.508 e.